The number of benzene rings is 1. The zero-order valence-electron chi connectivity index (χ0n) is 7.73. The molecular formula is C10H9N2O2. The molecule has 0 atom stereocenters. The smallest absolute Gasteiger partial charge is 0.359 e. The molecule has 0 fully saturated rings. The second-order valence-corrected chi connectivity index (χ2v) is 2.79. The molecule has 1 aromatic rings. The van der Waals surface area contributed by atoms with E-state index in [1.54, 1.807) is 6.92 Å². The van der Waals surface area contributed by atoms with Gasteiger partial charge in [-0.3, -0.25) is 0 Å². The van der Waals surface area contributed by atoms with Gasteiger partial charge in [-0.25, -0.2) is 4.79 Å². The number of ether oxygens (including phenoxy) is 1. The van der Waals surface area contributed by atoms with Gasteiger partial charge in [0.05, 0.1) is 12.3 Å². The lowest BCUT2D eigenvalue weighted by molar-refractivity contribution is -0.134. The van der Waals surface area contributed by atoms with Crippen molar-refractivity contribution in [3.05, 3.63) is 29.8 Å². The Morgan fingerprint density at radius 3 is 3.00 bits per heavy atom. The van der Waals surface area contributed by atoms with Gasteiger partial charge in [-0.15, -0.1) is 10.5 Å². The minimum absolute atomic E-state index is 0.294. The molecule has 0 N–H and O–H groups in total. The Hall–Kier alpha value is -1.84. The topological polar surface area (TPSA) is 52.8 Å². The molecule has 4 nitrogen and oxygen atoms in total. The SMILES string of the molecule is CCOC(=O)C1=N[N]c2ccccc21. The monoisotopic (exact) mass is 189 g/mol. The van der Waals surface area contributed by atoms with Crippen LogP contribution in [0.1, 0.15) is 12.5 Å². The van der Waals surface area contributed by atoms with Gasteiger partial charge in [-0.1, -0.05) is 18.2 Å². The van der Waals surface area contributed by atoms with Gasteiger partial charge in [-0.05, 0) is 13.0 Å². The average Bonchev–Trinajstić information content (AvgIpc) is 2.61. The van der Waals surface area contributed by atoms with Crippen molar-refractivity contribution < 1.29 is 9.53 Å². The van der Waals surface area contributed by atoms with Crippen molar-refractivity contribution in [1.29, 1.82) is 0 Å². The number of hydrogen-bond donors (Lipinski definition) is 0. The van der Waals surface area contributed by atoms with Crippen LogP contribution < -0.4 is 5.43 Å². The summed E-state index contributed by atoms with van der Waals surface area (Å²) in [5, 5.41) is 3.79. The summed E-state index contributed by atoms with van der Waals surface area (Å²) in [6, 6.07) is 7.31. The van der Waals surface area contributed by atoms with Gasteiger partial charge in [0.25, 0.3) is 0 Å². The molecule has 0 amide bonds. The summed E-state index contributed by atoms with van der Waals surface area (Å²) in [6.45, 7) is 2.11. The lowest BCUT2D eigenvalue weighted by Gasteiger charge is -2.00. The fraction of sp³-hybridized carbons (Fsp3) is 0.200. The van der Waals surface area contributed by atoms with Crippen molar-refractivity contribution in [1.82, 2.24) is 5.43 Å². The van der Waals surface area contributed by atoms with Gasteiger partial charge in [0, 0.05) is 5.56 Å². The number of nitrogens with zero attached hydrogens (tertiary/aromatic N) is 2. The van der Waals surface area contributed by atoms with E-state index in [1.807, 2.05) is 24.3 Å². The summed E-state index contributed by atoms with van der Waals surface area (Å²) < 4.78 is 4.85. The number of hydrogen-bond acceptors (Lipinski definition) is 3. The Labute approximate surface area is 81.6 Å². The van der Waals surface area contributed by atoms with E-state index in [0.717, 1.165) is 11.3 Å². The van der Waals surface area contributed by atoms with E-state index in [-0.39, 0.29) is 0 Å². The normalized spacial score (nSPS) is 12.8. The van der Waals surface area contributed by atoms with E-state index >= 15 is 0 Å². The van der Waals surface area contributed by atoms with Crippen molar-refractivity contribution in [2.45, 2.75) is 6.92 Å². The fourth-order valence-corrected chi connectivity index (χ4v) is 1.27. The molecule has 2 rings (SSSR count). The highest BCUT2D eigenvalue weighted by atomic mass is 16.5. The molecule has 1 heterocycles. The Bertz CT molecular complexity index is 399. The molecule has 0 bridgehead atoms. The van der Waals surface area contributed by atoms with Crippen LogP contribution in [0.2, 0.25) is 0 Å². The first kappa shape index (κ1) is 8.74. The lowest BCUT2D eigenvalue weighted by Crippen LogP contribution is -2.16. The quantitative estimate of drug-likeness (QED) is 0.656. The van der Waals surface area contributed by atoms with E-state index in [1.165, 1.54) is 0 Å². The van der Waals surface area contributed by atoms with Gasteiger partial charge in [0.15, 0.2) is 5.71 Å². The molecule has 1 aromatic carbocycles. The van der Waals surface area contributed by atoms with Crippen LogP contribution in [0.5, 0.6) is 0 Å². The van der Waals surface area contributed by atoms with Crippen LogP contribution in [0.15, 0.2) is 29.4 Å². The number of rotatable bonds is 2. The number of carbonyl (C=O) groups excluding carboxylic acids is 1. The molecule has 0 aliphatic carbocycles. The van der Waals surface area contributed by atoms with Crippen molar-refractivity contribution in [2.24, 2.45) is 5.10 Å². The van der Waals surface area contributed by atoms with Crippen molar-refractivity contribution >= 4 is 17.4 Å². The third-order valence-corrected chi connectivity index (χ3v) is 1.89. The van der Waals surface area contributed by atoms with Crippen molar-refractivity contribution in [2.75, 3.05) is 6.61 Å². The maximum absolute atomic E-state index is 11.4. The molecule has 14 heavy (non-hydrogen) atoms. The maximum Gasteiger partial charge on any atom is 0.359 e. The predicted octanol–water partition coefficient (Wildman–Crippen LogP) is 1.20. The summed E-state index contributed by atoms with van der Waals surface area (Å²) in [5.41, 5.74) is 5.62. The Kier molecular flexibility index (Phi) is 2.18. The fourth-order valence-electron chi connectivity index (χ4n) is 1.27. The lowest BCUT2D eigenvalue weighted by atomic mass is 10.1. The second-order valence-electron chi connectivity index (χ2n) is 2.79. The highest BCUT2D eigenvalue weighted by Gasteiger charge is 2.24. The van der Waals surface area contributed by atoms with Crippen LogP contribution in [0.25, 0.3) is 0 Å². The molecule has 4 heteroatoms. The van der Waals surface area contributed by atoms with Gasteiger partial charge in [0.2, 0.25) is 0 Å². The minimum Gasteiger partial charge on any atom is -0.461 e. The van der Waals surface area contributed by atoms with Gasteiger partial charge < -0.3 is 4.74 Å². The highest BCUT2D eigenvalue weighted by Crippen LogP contribution is 2.22. The van der Waals surface area contributed by atoms with Crippen LogP contribution in [-0.2, 0) is 9.53 Å². The zero-order valence-corrected chi connectivity index (χ0v) is 7.73. The average molecular weight is 189 g/mol. The Morgan fingerprint density at radius 2 is 2.21 bits per heavy atom. The maximum atomic E-state index is 11.4. The number of carbonyl (C=O) groups is 1. The molecule has 0 aromatic heterocycles. The Morgan fingerprint density at radius 1 is 1.43 bits per heavy atom. The molecule has 0 unspecified atom stereocenters. The van der Waals surface area contributed by atoms with Crippen LogP contribution in [0.4, 0.5) is 5.69 Å². The second kappa shape index (κ2) is 3.49. The van der Waals surface area contributed by atoms with Crippen LogP contribution in [0.3, 0.4) is 0 Å². The Balaban J connectivity index is 2.29. The van der Waals surface area contributed by atoms with E-state index in [0.29, 0.717) is 12.3 Å². The number of fused-ring (bicyclic) bond motifs is 1. The highest BCUT2D eigenvalue weighted by molar-refractivity contribution is 6.45. The van der Waals surface area contributed by atoms with Crippen LogP contribution >= 0.6 is 0 Å². The standard InChI is InChI=1S/C10H9N2O2/c1-2-14-10(13)9-7-5-3-4-6-8(7)11-12-9/h3-6H,2H2,1H3. The molecule has 1 radical (unpaired) electrons. The van der Waals surface area contributed by atoms with Crippen LogP contribution in [0, 0.1) is 0 Å². The summed E-state index contributed by atoms with van der Waals surface area (Å²) in [5.74, 6) is -0.416. The summed E-state index contributed by atoms with van der Waals surface area (Å²) in [7, 11) is 0. The first-order chi connectivity index (χ1) is 6.83. The third-order valence-electron chi connectivity index (χ3n) is 1.89. The largest absolute Gasteiger partial charge is 0.461 e. The molecular weight excluding hydrogens is 180 g/mol. The minimum atomic E-state index is -0.416. The van der Waals surface area contributed by atoms with Gasteiger partial charge in [-0.2, -0.15) is 0 Å². The molecule has 1 aliphatic rings. The summed E-state index contributed by atoms with van der Waals surface area (Å²) >= 11 is 0. The molecule has 0 spiro atoms. The predicted molar refractivity (Wildman–Crippen MR) is 51.4 cm³/mol. The van der Waals surface area contributed by atoms with Gasteiger partial charge in [0.1, 0.15) is 0 Å². The molecule has 0 saturated heterocycles. The molecule has 71 valence electrons. The summed E-state index contributed by atoms with van der Waals surface area (Å²) in [4.78, 5) is 11.4. The van der Waals surface area contributed by atoms with Crippen molar-refractivity contribution in [3.63, 3.8) is 0 Å². The first-order valence-electron chi connectivity index (χ1n) is 4.38. The number of esters is 1. The summed E-state index contributed by atoms with van der Waals surface area (Å²) in [6.07, 6.45) is 0. The van der Waals surface area contributed by atoms with E-state index in [4.69, 9.17) is 4.74 Å². The van der Waals surface area contributed by atoms with E-state index in [9.17, 15) is 4.79 Å². The molecule has 1 aliphatic heterocycles. The third kappa shape index (κ3) is 1.35. The van der Waals surface area contributed by atoms with E-state index < -0.39 is 5.97 Å². The van der Waals surface area contributed by atoms with E-state index in [2.05, 4.69) is 10.5 Å². The van der Waals surface area contributed by atoms with Gasteiger partial charge >= 0.3 is 5.97 Å². The van der Waals surface area contributed by atoms with Crippen molar-refractivity contribution in [3.8, 4) is 0 Å². The van der Waals surface area contributed by atoms with Crippen LogP contribution in [-0.4, -0.2) is 18.3 Å². The zero-order chi connectivity index (χ0) is 9.97. The molecule has 0 saturated carbocycles. The first-order valence-corrected chi connectivity index (χ1v) is 4.38.